The van der Waals surface area contributed by atoms with Crippen molar-refractivity contribution in [1.29, 1.82) is 0 Å². The van der Waals surface area contributed by atoms with Crippen LogP contribution >= 0.6 is 11.8 Å². The number of aromatic hydroxyl groups is 1. The van der Waals surface area contributed by atoms with Crippen molar-refractivity contribution < 1.29 is 5.11 Å². The van der Waals surface area contributed by atoms with E-state index in [1.807, 2.05) is 23.9 Å². The molecule has 0 saturated heterocycles. The van der Waals surface area contributed by atoms with Crippen LogP contribution in [-0.2, 0) is 12.8 Å². The van der Waals surface area contributed by atoms with Gasteiger partial charge in [0.15, 0.2) is 0 Å². The number of phenolic OH excluding ortho intramolecular Hbond substituents is 1. The Labute approximate surface area is 138 Å². The standard InChI is InChI=1S/C19H27NOS/c1-2-11-20(12-10-17-6-4-13-22-17)16-8-9-18-15(14-16)5-3-7-19(18)21/h3,5-7,16,21H,2,4,8-14H2,1H3/t16-/m0/s1. The molecule has 1 aromatic carbocycles. The van der Waals surface area contributed by atoms with Crippen LogP contribution in [0.15, 0.2) is 29.2 Å². The average molecular weight is 317 g/mol. The summed E-state index contributed by atoms with van der Waals surface area (Å²) in [5.41, 5.74) is 2.54. The second-order valence-corrected chi connectivity index (χ2v) is 7.63. The predicted octanol–water partition coefficient (Wildman–Crippen LogP) is 4.37. The SMILES string of the molecule is CCCN(CCC1=CCCS1)[C@H]1CCc2c(O)cccc2C1. The molecule has 120 valence electrons. The van der Waals surface area contributed by atoms with Crippen LogP contribution in [0, 0.1) is 0 Å². The summed E-state index contributed by atoms with van der Waals surface area (Å²) in [6.45, 7) is 4.65. The summed E-state index contributed by atoms with van der Waals surface area (Å²) in [5.74, 6) is 1.77. The molecule has 22 heavy (non-hydrogen) atoms. The van der Waals surface area contributed by atoms with E-state index in [1.165, 1.54) is 55.7 Å². The van der Waals surface area contributed by atoms with E-state index in [1.54, 1.807) is 4.91 Å². The van der Waals surface area contributed by atoms with Crippen LogP contribution in [0.4, 0.5) is 0 Å². The van der Waals surface area contributed by atoms with Crippen LogP contribution in [0.5, 0.6) is 5.75 Å². The van der Waals surface area contributed by atoms with Gasteiger partial charge in [-0.3, -0.25) is 4.90 Å². The van der Waals surface area contributed by atoms with E-state index >= 15 is 0 Å². The quantitative estimate of drug-likeness (QED) is 0.842. The van der Waals surface area contributed by atoms with Gasteiger partial charge in [-0.15, -0.1) is 11.8 Å². The van der Waals surface area contributed by atoms with Gasteiger partial charge >= 0.3 is 0 Å². The molecular weight excluding hydrogens is 290 g/mol. The van der Waals surface area contributed by atoms with Gasteiger partial charge in [0.2, 0.25) is 0 Å². The maximum Gasteiger partial charge on any atom is 0.119 e. The van der Waals surface area contributed by atoms with Gasteiger partial charge in [0.1, 0.15) is 5.75 Å². The molecule has 1 heterocycles. The van der Waals surface area contributed by atoms with Gasteiger partial charge in [-0.2, -0.15) is 0 Å². The van der Waals surface area contributed by atoms with Crippen molar-refractivity contribution in [3.8, 4) is 5.75 Å². The molecule has 2 nitrogen and oxygen atoms in total. The van der Waals surface area contributed by atoms with Gasteiger partial charge in [-0.1, -0.05) is 25.1 Å². The van der Waals surface area contributed by atoms with Crippen molar-refractivity contribution in [2.75, 3.05) is 18.8 Å². The molecule has 0 amide bonds. The minimum Gasteiger partial charge on any atom is -0.508 e. The Morgan fingerprint density at radius 1 is 1.32 bits per heavy atom. The first-order valence-electron chi connectivity index (χ1n) is 8.63. The summed E-state index contributed by atoms with van der Waals surface area (Å²) in [6, 6.07) is 6.65. The van der Waals surface area contributed by atoms with Gasteiger partial charge in [0.05, 0.1) is 0 Å². The Balaban J connectivity index is 1.64. The zero-order valence-electron chi connectivity index (χ0n) is 13.6. The van der Waals surface area contributed by atoms with Crippen LogP contribution in [0.2, 0.25) is 0 Å². The summed E-state index contributed by atoms with van der Waals surface area (Å²) in [7, 11) is 0. The summed E-state index contributed by atoms with van der Waals surface area (Å²) in [5, 5.41) is 10.0. The molecular formula is C19H27NOS. The van der Waals surface area contributed by atoms with E-state index < -0.39 is 0 Å². The lowest BCUT2D eigenvalue weighted by molar-refractivity contribution is 0.182. The van der Waals surface area contributed by atoms with Crippen LogP contribution in [-0.4, -0.2) is 34.9 Å². The van der Waals surface area contributed by atoms with Crippen molar-refractivity contribution in [2.24, 2.45) is 0 Å². The lowest BCUT2D eigenvalue weighted by Crippen LogP contribution is -2.40. The highest BCUT2D eigenvalue weighted by molar-refractivity contribution is 8.03. The highest BCUT2D eigenvalue weighted by Gasteiger charge is 2.25. The molecule has 2 aliphatic rings. The Morgan fingerprint density at radius 3 is 3.00 bits per heavy atom. The molecule has 1 aliphatic carbocycles. The van der Waals surface area contributed by atoms with Gasteiger partial charge in [-0.05, 0) is 67.2 Å². The van der Waals surface area contributed by atoms with Gasteiger partial charge in [-0.25, -0.2) is 0 Å². The number of rotatable bonds is 6. The monoisotopic (exact) mass is 317 g/mol. The third-order valence-corrected chi connectivity index (χ3v) is 6.06. The number of fused-ring (bicyclic) bond motifs is 1. The van der Waals surface area contributed by atoms with E-state index in [-0.39, 0.29) is 0 Å². The van der Waals surface area contributed by atoms with Crippen LogP contribution < -0.4 is 0 Å². The molecule has 3 rings (SSSR count). The third-order valence-electron chi connectivity index (χ3n) is 4.88. The fraction of sp³-hybridized carbons (Fsp3) is 0.579. The molecule has 0 radical (unpaired) electrons. The molecule has 0 bridgehead atoms. The maximum atomic E-state index is 10.0. The topological polar surface area (TPSA) is 23.5 Å². The highest BCUT2D eigenvalue weighted by Crippen LogP contribution is 2.32. The van der Waals surface area contributed by atoms with E-state index in [0.29, 0.717) is 11.8 Å². The molecule has 1 atom stereocenters. The fourth-order valence-corrected chi connectivity index (χ4v) is 4.71. The Morgan fingerprint density at radius 2 is 2.23 bits per heavy atom. The highest BCUT2D eigenvalue weighted by atomic mass is 32.2. The molecule has 3 heteroatoms. The number of nitrogens with zero attached hydrogens (tertiary/aromatic N) is 1. The second kappa shape index (κ2) is 7.56. The van der Waals surface area contributed by atoms with E-state index in [0.717, 1.165) is 12.8 Å². The van der Waals surface area contributed by atoms with Crippen molar-refractivity contribution in [2.45, 2.75) is 51.5 Å². The molecule has 0 saturated carbocycles. The van der Waals surface area contributed by atoms with Gasteiger partial charge < -0.3 is 5.11 Å². The van der Waals surface area contributed by atoms with Crippen LogP contribution in [0.1, 0.15) is 43.7 Å². The first-order chi connectivity index (χ1) is 10.8. The summed E-state index contributed by atoms with van der Waals surface area (Å²) < 4.78 is 0. The summed E-state index contributed by atoms with van der Waals surface area (Å²) in [6.07, 6.45) is 9.40. The number of phenols is 1. The number of hydrogen-bond donors (Lipinski definition) is 1. The van der Waals surface area contributed by atoms with Gasteiger partial charge in [0.25, 0.3) is 0 Å². The zero-order chi connectivity index (χ0) is 15.4. The fourth-order valence-electron chi connectivity index (χ4n) is 3.74. The van der Waals surface area contributed by atoms with E-state index in [2.05, 4.69) is 24.0 Å². The number of hydrogen-bond acceptors (Lipinski definition) is 3. The Hall–Kier alpha value is -0.930. The molecule has 0 aromatic heterocycles. The molecule has 1 N–H and O–H groups in total. The maximum absolute atomic E-state index is 10.0. The van der Waals surface area contributed by atoms with Gasteiger partial charge in [0, 0.05) is 18.3 Å². The van der Waals surface area contributed by atoms with Crippen LogP contribution in [0.3, 0.4) is 0 Å². The van der Waals surface area contributed by atoms with Crippen LogP contribution in [0.25, 0.3) is 0 Å². The second-order valence-electron chi connectivity index (χ2n) is 6.40. The molecule has 1 aliphatic heterocycles. The molecule has 0 fully saturated rings. The first kappa shape index (κ1) is 15.9. The normalized spacial score (nSPS) is 21.0. The number of benzene rings is 1. The largest absolute Gasteiger partial charge is 0.508 e. The first-order valence-corrected chi connectivity index (χ1v) is 9.62. The number of allylic oxidation sites excluding steroid dienone is 1. The Bertz CT molecular complexity index is 540. The smallest absolute Gasteiger partial charge is 0.119 e. The molecule has 0 spiro atoms. The lowest BCUT2D eigenvalue weighted by atomic mass is 9.86. The summed E-state index contributed by atoms with van der Waals surface area (Å²) in [4.78, 5) is 4.28. The van der Waals surface area contributed by atoms with E-state index in [4.69, 9.17) is 0 Å². The molecule has 1 aromatic rings. The third kappa shape index (κ3) is 3.69. The minimum atomic E-state index is 0.491. The van der Waals surface area contributed by atoms with Crippen molar-refractivity contribution in [3.63, 3.8) is 0 Å². The van der Waals surface area contributed by atoms with Crippen molar-refractivity contribution in [1.82, 2.24) is 4.90 Å². The zero-order valence-corrected chi connectivity index (χ0v) is 14.4. The van der Waals surface area contributed by atoms with Crippen molar-refractivity contribution >= 4 is 11.8 Å². The predicted molar refractivity (Wildman–Crippen MR) is 95.6 cm³/mol. The van der Waals surface area contributed by atoms with Crippen molar-refractivity contribution in [3.05, 3.63) is 40.3 Å². The average Bonchev–Trinajstić information content (AvgIpc) is 3.05. The summed E-state index contributed by atoms with van der Waals surface area (Å²) >= 11 is 2.04. The number of thioether (sulfide) groups is 1. The Kier molecular flexibility index (Phi) is 5.48. The van der Waals surface area contributed by atoms with E-state index in [9.17, 15) is 5.11 Å². The minimum absolute atomic E-state index is 0.491. The molecule has 0 unspecified atom stereocenters. The lowest BCUT2D eigenvalue weighted by Gasteiger charge is -2.35.